The van der Waals surface area contributed by atoms with E-state index in [0.717, 1.165) is 6.42 Å². The van der Waals surface area contributed by atoms with Gasteiger partial charge in [0.25, 0.3) is 0 Å². The van der Waals surface area contributed by atoms with Crippen LogP contribution in [0.5, 0.6) is 0 Å². The van der Waals surface area contributed by atoms with E-state index in [-0.39, 0.29) is 30.7 Å². The lowest BCUT2D eigenvalue weighted by Gasteiger charge is -2.36. The number of hydrogen-bond acceptors (Lipinski definition) is 6. The van der Waals surface area contributed by atoms with E-state index in [1.165, 1.54) is 25.7 Å². The van der Waals surface area contributed by atoms with Gasteiger partial charge in [-0.05, 0) is 49.0 Å². The maximum Gasteiger partial charge on any atom is 0.471 e. The second-order valence-corrected chi connectivity index (χ2v) is 13.9. The second-order valence-electron chi connectivity index (χ2n) is 11.9. The molecule has 3 fully saturated rings. The number of carbonyl (C=O) groups excluding carboxylic acids is 4. The molecule has 15 heteroatoms. The first-order valence-corrected chi connectivity index (χ1v) is 15.0. The van der Waals surface area contributed by atoms with Gasteiger partial charge in [0, 0.05) is 25.3 Å². The van der Waals surface area contributed by atoms with Gasteiger partial charge in [0.2, 0.25) is 32.7 Å². The Balaban J connectivity index is 1.91. The summed E-state index contributed by atoms with van der Waals surface area (Å²) in [7, 11) is -4.24. The molecule has 3 N–H and O–H groups in total. The third kappa shape index (κ3) is 7.32. The number of fused-ring (bicyclic) bond motifs is 1. The van der Waals surface area contributed by atoms with Crippen molar-refractivity contribution in [1.82, 2.24) is 20.9 Å². The van der Waals surface area contributed by atoms with Gasteiger partial charge in [0.05, 0.1) is 6.04 Å². The number of halogens is 4. The molecule has 0 spiro atoms. The normalized spacial score (nSPS) is 27.1. The van der Waals surface area contributed by atoms with Gasteiger partial charge in [0.1, 0.15) is 12.1 Å². The molecule has 0 aromatic rings. The van der Waals surface area contributed by atoms with Crippen LogP contribution in [0, 0.1) is 23.2 Å². The number of hydrogen-bond donors (Lipinski definition) is 3. The molecule has 3 rings (SSSR count). The fourth-order valence-corrected chi connectivity index (χ4v) is 6.20. The zero-order valence-corrected chi connectivity index (χ0v) is 23.6. The summed E-state index contributed by atoms with van der Waals surface area (Å²) in [5, 5.41) is 5.50. The Labute approximate surface area is 230 Å². The van der Waals surface area contributed by atoms with Crippen LogP contribution in [0.3, 0.4) is 0 Å². The van der Waals surface area contributed by atoms with Crippen LogP contribution in [0.15, 0.2) is 11.2 Å². The van der Waals surface area contributed by atoms with Crippen LogP contribution in [-0.2, 0) is 29.0 Å². The largest absolute Gasteiger partial charge is 0.471 e. The fraction of sp³-hybridized carbons (Fsp3) is 0.760. The molecule has 3 aliphatic rings. The number of carbonyl (C=O) groups is 4. The maximum absolute atomic E-state index is 14.5. The zero-order valence-electron chi connectivity index (χ0n) is 22.8. The molecular weight excluding hydrogens is 560 g/mol. The lowest BCUT2D eigenvalue weighted by molar-refractivity contribution is -0.176. The maximum atomic E-state index is 14.5. The molecule has 2 heterocycles. The van der Waals surface area contributed by atoms with Crippen molar-refractivity contribution < 1.29 is 45.2 Å². The lowest BCUT2D eigenvalue weighted by atomic mass is 9.85. The fourth-order valence-electron chi connectivity index (χ4n) is 5.79. The average Bonchev–Trinajstić information content (AvgIpc) is 3.50. The van der Waals surface area contributed by atoms with Crippen molar-refractivity contribution in [2.75, 3.05) is 19.3 Å². The summed E-state index contributed by atoms with van der Waals surface area (Å²) >= 11 is 0. The van der Waals surface area contributed by atoms with Gasteiger partial charge in [-0.1, -0.05) is 27.2 Å². The summed E-state index contributed by atoms with van der Waals surface area (Å²) in [6, 6.07) is -3.95. The van der Waals surface area contributed by atoms with Gasteiger partial charge >= 0.3 is 12.1 Å². The SMILES string of the molecule is CC(C)(C)[C@H](NC(=O)C(F)(F)F)C(=O)N1C[C@H]2CCC[C@H]2[C@H]1C(=O)N[C@@H](/C=C(\F)S(C)(=O)=O)C[C@H]1CCNC1=O. The number of rotatable bonds is 8. The van der Waals surface area contributed by atoms with Gasteiger partial charge in [0.15, 0.2) is 0 Å². The van der Waals surface area contributed by atoms with Crippen molar-refractivity contribution in [2.45, 2.75) is 77.2 Å². The second kappa shape index (κ2) is 11.6. The molecule has 0 aromatic carbocycles. The van der Waals surface area contributed by atoms with E-state index in [1.54, 1.807) is 5.32 Å². The predicted molar refractivity (Wildman–Crippen MR) is 135 cm³/mol. The Hall–Kier alpha value is -2.71. The van der Waals surface area contributed by atoms with Crippen LogP contribution in [0.4, 0.5) is 17.6 Å². The summed E-state index contributed by atoms with van der Waals surface area (Å²) in [5.41, 5.74) is -1.14. The molecule has 40 heavy (non-hydrogen) atoms. The molecule has 2 aliphatic heterocycles. The molecule has 0 unspecified atom stereocenters. The molecule has 226 valence electrons. The van der Waals surface area contributed by atoms with Crippen molar-refractivity contribution in [3.05, 3.63) is 11.2 Å². The van der Waals surface area contributed by atoms with Gasteiger partial charge in [-0.3, -0.25) is 19.2 Å². The highest BCUT2D eigenvalue weighted by molar-refractivity contribution is 7.94. The number of likely N-dealkylation sites (tertiary alicyclic amines) is 1. The van der Waals surface area contributed by atoms with Crippen LogP contribution in [-0.4, -0.2) is 80.6 Å². The summed E-state index contributed by atoms with van der Waals surface area (Å²) in [6.07, 6.45) is -1.55. The molecule has 0 bridgehead atoms. The van der Waals surface area contributed by atoms with Crippen molar-refractivity contribution in [3.63, 3.8) is 0 Å². The van der Waals surface area contributed by atoms with E-state index in [2.05, 4.69) is 10.6 Å². The van der Waals surface area contributed by atoms with Crippen molar-refractivity contribution in [3.8, 4) is 0 Å². The number of nitrogens with zero attached hydrogens (tertiary/aromatic N) is 1. The molecule has 2 saturated heterocycles. The average molecular weight is 597 g/mol. The monoisotopic (exact) mass is 596 g/mol. The van der Waals surface area contributed by atoms with Gasteiger partial charge < -0.3 is 20.9 Å². The first kappa shape index (κ1) is 31.8. The summed E-state index contributed by atoms with van der Waals surface area (Å²) in [5.74, 6) is -5.25. The van der Waals surface area contributed by atoms with Gasteiger partial charge in [-0.15, -0.1) is 0 Å². The summed E-state index contributed by atoms with van der Waals surface area (Å²) in [6.45, 7) is 4.91. The Morgan fingerprint density at radius 3 is 2.30 bits per heavy atom. The van der Waals surface area contributed by atoms with Crippen LogP contribution >= 0.6 is 0 Å². The highest BCUT2D eigenvalue weighted by Gasteiger charge is 2.53. The minimum atomic E-state index is -5.22. The minimum absolute atomic E-state index is 0.0826. The van der Waals surface area contributed by atoms with Crippen molar-refractivity contribution in [2.24, 2.45) is 23.2 Å². The Bertz CT molecular complexity index is 1170. The highest BCUT2D eigenvalue weighted by Crippen LogP contribution is 2.43. The molecule has 6 atom stereocenters. The van der Waals surface area contributed by atoms with Crippen LogP contribution in [0.1, 0.15) is 52.9 Å². The van der Waals surface area contributed by atoms with E-state index in [1.807, 2.05) is 0 Å². The lowest BCUT2D eigenvalue weighted by Crippen LogP contribution is -2.60. The zero-order chi connectivity index (χ0) is 30.2. The third-order valence-electron chi connectivity index (χ3n) is 7.80. The number of nitrogens with one attached hydrogen (secondary N) is 3. The van der Waals surface area contributed by atoms with E-state index < -0.39 is 68.4 Å². The smallest absolute Gasteiger partial charge is 0.356 e. The summed E-state index contributed by atoms with van der Waals surface area (Å²) < 4.78 is 77.1. The topological polar surface area (TPSA) is 142 Å². The minimum Gasteiger partial charge on any atom is -0.356 e. The molecule has 4 amide bonds. The van der Waals surface area contributed by atoms with Crippen molar-refractivity contribution >= 4 is 33.5 Å². The quantitative estimate of drug-likeness (QED) is 0.364. The van der Waals surface area contributed by atoms with Gasteiger partial charge in [-0.2, -0.15) is 17.6 Å². The molecule has 0 radical (unpaired) electrons. The number of sulfone groups is 1. The third-order valence-corrected chi connectivity index (χ3v) is 8.65. The first-order valence-electron chi connectivity index (χ1n) is 13.1. The van der Waals surface area contributed by atoms with E-state index >= 15 is 0 Å². The Kier molecular flexibility index (Phi) is 9.26. The molecule has 1 aliphatic carbocycles. The number of alkyl halides is 3. The molecule has 1 saturated carbocycles. The molecule has 0 aromatic heterocycles. The van der Waals surface area contributed by atoms with Crippen molar-refractivity contribution in [1.29, 1.82) is 0 Å². The van der Waals surface area contributed by atoms with Crippen LogP contribution in [0.25, 0.3) is 0 Å². The predicted octanol–water partition coefficient (Wildman–Crippen LogP) is 1.57. The van der Waals surface area contributed by atoms with E-state index in [4.69, 9.17) is 0 Å². The van der Waals surface area contributed by atoms with Gasteiger partial charge in [-0.25, -0.2) is 8.42 Å². The van der Waals surface area contributed by atoms with E-state index in [0.29, 0.717) is 38.1 Å². The van der Waals surface area contributed by atoms with Crippen LogP contribution in [0.2, 0.25) is 0 Å². The molecular formula is C25H36F4N4O6S. The standard InChI is InChI=1S/C25H36F4N4O6S/c1-24(2,3)19(32-23(37)25(27,28)29)22(36)33-12-14-6-5-7-16(14)18(33)21(35)31-15(11-17(26)40(4,38)39)10-13-8-9-30-20(13)34/h11,13-16,18-19H,5-10,12H2,1-4H3,(H,30,34)(H,31,35)(H,32,37)/b17-11+/t13-,14-,15-,16-,18+,19-/m1/s1. The summed E-state index contributed by atoms with van der Waals surface area (Å²) in [4.78, 5) is 52.4. The number of amides is 4. The Morgan fingerprint density at radius 1 is 1.12 bits per heavy atom. The van der Waals surface area contributed by atoms with Crippen LogP contribution < -0.4 is 16.0 Å². The highest BCUT2D eigenvalue weighted by atomic mass is 32.2. The van der Waals surface area contributed by atoms with E-state index in [9.17, 15) is 45.2 Å². The Morgan fingerprint density at radius 2 is 1.77 bits per heavy atom. The molecule has 10 nitrogen and oxygen atoms in total. The first-order chi connectivity index (χ1) is 18.3.